The number of anilines is 1. The highest BCUT2D eigenvalue weighted by Crippen LogP contribution is 2.19. The van der Waals surface area contributed by atoms with Crippen LogP contribution in [0.2, 0.25) is 0 Å². The SMILES string of the molecule is CN(C)c1ccc(CNCC2(O)CCOCC2)cc1. The second-order valence-electron chi connectivity index (χ2n) is 5.50. The molecule has 19 heavy (non-hydrogen) atoms. The lowest BCUT2D eigenvalue weighted by Crippen LogP contribution is -2.44. The van der Waals surface area contributed by atoms with Gasteiger partial charge in [-0.15, -0.1) is 0 Å². The topological polar surface area (TPSA) is 44.7 Å². The van der Waals surface area contributed by atoms with Crippen LogP contribution in [-0.2, 0) is 11.3 Å². The summed E-state index contributed by atoms with van der Waals surface area (Å²) in [4.78, 5) is 2.09. The Kier molecular flexibility index (Phi) is 4.80. The van der Waals surface area contributed by atoms with Crippen molar-refractivity contribution in [2.24, 2.45) is 0 Å². The molecule has 1 aliphatic heterocycles. The number of aliphatic hydroxyl groups is 1. The minimum absolute atomic E-state index is 0.595. The van der Waals surface area contributed by atoms with Crippen molar-refractivity contribution in [3.8, 4) is 0 Å². The van der Waals surface area contributed by atoms with E-state index in [4.69, 9.17) is 4.74 Å². The van der Waals surface area contributed by atoms with E-state index in [1.807, 2.05) is 14.1 Å². The van der Waals surface area contributed by atoms with E-state index < -0.39 is 5.60 Å². The summed E-state index contributed by atoms with van der Waals surface area (Å²) in [6.45, 7) is 2.74. The summed E-state index contributed by atoms with van der Waals surface area (Å²) in [5.41, 5.74) is 1.84. The van der Waals surface area contributed by atoms with Gasteiger partial charge in [0.2, 0.25) is 0 Å². The Morgan fingerprint density at radius 2 is 1.84 bits per heavy atom. The predicted octanol–water partition coefficient (Wildman–Crippen LogP) is 1.38. The molecule has 1 aromatic carbocycles. The maximum Gasteiger partial charge on any atom is 0.0815 e. The molecule has 0 aromatic heterocycles. The normalized spacial score (nSPS) is 18.3. The number of nitrogens with one attached hydrogen (secondary N) is 1. The van der Waals surface area contributed by atoms with Gasteiger partial charge in [0, 0.05) is 58.9 Å². The molecule has 4 nitrogen and oxygen atoms in total. The fraction of sp³-hybridized carbons (Fsp3) is 0.600. The molecular formula is C15H24N2O2. The second kappa shape index (κ2) is 6.37. The molecule has 2 N–H and O–H groups in total. The van der Waals surface area contributed by atoms with E-state index in [0.29, 0.717) is 19.8 Å². The highest BCUT2D eigenvalue weighted by molar-refractivity contribution is 5.45. The lowest BCUT2D eigenvalue weighted by atomic mass is 9.94. The van der Waals surface area contributed by atoms with E-state index in [2.05, 4.69) is 34.5 Å². The van der Waals surface area contributed by atoms with Crippen molar-refractivity contribution in [3.63, 3.8) is 0 Å². The molecule has 0 atom stereocenters. The van der Waals surface area contributed by atoms with E-state index in [1.165, 1.54) is 11.3 Å². The van der Waals surface area contributed by atoms with Crippen LogP contribution in [0.3, 0.4) is 0 Å². The minimum atomic E-state index is -0.595. The number of hydrogen-bond acceptors (Lipinski definition) is 4. The Morgan fingerprint density at radius 3 is 2.42 bits per heavy atom. The molecule has 1 aliphatic rings. The Labute approximate surface area is 115 Å². The molecule has 106 valence electrons. The third kappa shape index (κ3) is 4.20. The summed E-state index contributed by atoms with van der Waals surface area (Å²) in [6, 6.07) is 8.47. The monoisotopic (exact) mass is 264 g/mol. The number of rotatable bonds is 5. The first-order valence-corrected chi connectivity index (χ1v) is 6.86. The van der Waals surface area contributed by atoms with Crippen molar-refractivity contribution in [2.75, 3.05) is 38.8 Å². The third-order valence-electron chi connectivity index (χ3n) is 3.66. The van der Waals surface area contributed by atoms with E-state index in [-0.39, 0.29) is 0 Å². The van der Waals surface area contributed by atoms with Crippen LogP contribution in [0.1, 0.15) is 18.4 Å². The lowest BCUT2D eigenvalue weighted by molar-refractivity contribution is -0.0617. The standard InChI is InChI=1S/C15H24N2O2/c1-17(2)14-5-3-13(4-6-14)11-16-12-15(18)7-9-19-10-8-15/h3-6,16,18H,7-12H2,1-2H3. The van der Waals surface area contributed by atoms with Crippen LogP contribution in [0.15, 0.2) is 24.3 Å². The van der Waals surface area contributed by atoms with Gasteiger partial charge in [-0.2, -0.15) is 0 Å². The van der Waals surface area contributed by atoms with Gasteiger partial charge in [0.1, 0.15) is 0 Å². The highest BCUT2D eigenvalue weighted by atomic mass is 16.5. The Balaban J connectivity index is 1.79. The van der Waals surface area contributed by atoms with E-state index in [0.717, 1.165) is 19.4 Å². The van der Waals surface area contributed by atoms with Crippen LogP contribution in [-0.4, -0.2) is 44.6 Å². The molecule has 2 rings (SSSR count). The largest absolute Gasteiger partial charge is 0.388 e. The molecule has 1 fully saturated rings. The summed E-state index contributed by atoms with van der Waals surface area (Å²) in [7, 11) is 4.07. The zero-order valence-corrected chi connectivity index (χ0v) is 11.9. The van der Waals surface area contributed by atoms with Gasteiger partial charge in [-0.1, -0.05) is 12.1 Å². The highest BCUT2D eigenvalue weighted by Gasteiger charge is 2.28. The van der Waals surface area contributed by atoms with Gasteiger partial charge in [0.15, 0.2) is 0 Å². The van der Waals surface area contributed by atoms with Gasteiger partial charge in [0.05, 0.1) is 5.60 Å². The summed E-state index contributed by atoms with van der Waals surface area (Å²) in [6.07, 6.45) is 1.44. The van der Waals surface area contributed by atoms with Crippen molar-refractivity contribution < 1.29 is 9.84 Å². The first kappa shape index (κ1) is 14.3. The number of benzene rings is 1. The molecule has 0 amide bonds. The van der Waals surface area contributed by atoms with Crippen molar-refractivity contribution in [1.82, 2.24) is 5.32 Å². The van der Waals surface area contributed by atoms with Crippen LogP contribution in [0.4, 0.5) is 5.69 Å². The molecule has 0 bridgehead atoms. The molecule has 0 aliphatic carbocycles. The van der Waals surface area contributed by atoms with Crippen molar-refractivity contribution >= 4 is 5.69 Å². The van der Waals surface area contributed by atoms with Gasteiger partial charge in [-0.3, -0.25) is 0 Å². The first-order valence-electron chi connectivity index (χ1n) is 6.86. The van der Waals surface area contributed by atoms with Gasteiger partial charge in [-0.25, -0.2) is 0 Å². The van der Waals surface area contributed by atoms with Gasteiger partial charge >= 0.3 is 0 Å². The molecular weight excluding hydrogens is 240 g/mol. The Bertz CT molecular complexity index is 384. The van der Waals surface area contributed by atoms with Crippen LogP contribution in [0.25, 0.3) is 0 Å². The quantitative estimate of drug-likeness (QED) is 0.843. The molecule has 1 saturated heterocycles. The van der Waals surface area contributed by atoms with Crippen molar-refractivity contribution in [1.29, 1.82) is 0 Å². The average molecular weight is 264 g/mol. The van der Waals surface area contributed by atoms with Crippen molar-refractivity contribution in [3.05, 3.63) is 29.8 Å². The minimum Gasteiger partial charge on any atom is -0.388 e. The zero-order valence-electron chi connectivity index (χ0n) is 11.9. The van der Waals surface area contributed by atoms with Crippen LogP contribution >= 0.6 is 0 Å². The summed E-state index contributed by atoms with van der Waals surface area (Å²) in [5.74, 6) is 0. The van der Waals surface area contributed by atoms with E-state index in [1.54, 1.807) is 0 Å². The average Bonchev–Trinajstić information content (AvgIpc) is 2.40. The Morgan fingerprint density at radius 1 is 1.21 bits per heavy atom. The predicted molar refractivity (Wildman–Crippen MR) is 77.5 cm³/mol. The van der Waals surface area contributed by atoms with Gasteiger partial charge in [-0.05, 0) is 17.7 Å². The lowest BCUT2D eigenvalue weighted by Gasteiger charge is -2.32. The van der Waals surface area contributed by atoms with E-state index in [9.17, 15) is 5.11 Å². The fourth-order valence-electron chi connectivity index (χ4n) is 2.28. The molecule has 0 unspecified atom stereocenters. The molecule has 4 heteroatoms. The van der Waals surface area contributed by atoms with Gasteiger partial charge in [0.25, 0.3) is 0 Å². The summed E-state index contributed by atoms with van der Waals surface area (Å²) < 4.78 is 5.27. The molecule has 0 radical (unpaired) electrons. The Hall–Kier alpha value is -1.10. The van der Waals surface area contributed by atoms with Crippen LogP contribution in [0, 0.1) is 0 Å². The van der Waals surface area contributed by atoms with E-state index >= 15 is 0 Å². The first-order chi connectivity index (χ1) is 9.09. The summed E-state index contributed by atoms with van der Waals surface area (Å²) >= 11 is 0. The summed E-state index contributed by atoms with van der Waals surface area (Å²) in [5, 5.41) is 13.7. The zero-order chi connectivity index (χ0) is 13.7. The van der Waals surface area contributed by atoms with Crippen LogP contribution in [0.5, 0.6) is 0 Å². The maximum absolute atomic E-state index is 10.3. The molecule has 1 heterocycles. The molecule has 0 spiro atoms. The number of hydrogen-bond donors (Lipinski definition) is 2. The molecule has 0 saturated carbocycles. The van der Waals surface area contributed by atoms with Gasteiger partial charge < -0.3 is 20.1 Å². The molecule has 1 aromatic rings. The number of nitrogens with zero attached hydrogens (tertiary/aromatic N) is 1. The third-order valence-corrected chi connectivity index (χ3v) is 3.66. The smallest absolute Gasteiger partial charge is 0.0815 e. The fourth-order valence-corrected chi connectivity index (χ4v) is 2.28. The maximum atomic E-state index is 10.3. The van der Waals surface area contributed by atoms with Crippen LogP contribution < -0.4 is 10.2 Å². The number of ether oxygens (including phenoxy) is 1. The second-order valence-corrected chi connectivity index (χ2v) is 5.50. The van der Waals surface area contributed by atoms with Crippen molar-refractivity contribution in [2.45, 2.75) is 25.0 Å².